The second-order valence-corrected chi connectivity index (χ2v) is 4.46. The molecule has 0 fully saturated rings. The molecule has 0 saturated heterocycles. The fourth-order valence-corrected chi connectivity index (χ4v) is 1.71. The average Bonchev–Trinajstić information content (AvgIpc) is 2.41. The number of phenols is 1. The molecule has 0 saturated carbocycles. The van der Waals surface area contributed by atoms with Crippen LogP contribution in [0.1, 0.15) is 55.3 Å². The van der Waals surface area contributed by atoms with Crippen LogP contribution in [-0.4, -0.2) is 41.2 Å². The number of hydrogen-bond donors (Lipinski definition) is 1. The van der Waals surface area contributed by atoms with Gasteiger partial charge in [0.15, 0.2) is 11.6 Å². The van der Waals surface area contributed by atoms with E-state index in [0.29, 0.717) is 5.56 Å². The van der Waals surface area contributed by atoms with Crippen LogP contribution in [-0.2, 0) is 0 Å². The van der Waals surface area contributed by atoms with Crippen molar-refractivity contribution >= 4 is 11.6 Å². The third kappa shape index (κ3) is 5.97. The van der Waals surface area contributed by atoms with Crippen molar-refractivity contribution in [3.63, 3.8) is 0 Å². The molecule has 0 aliphatic heterocycles. The Balaban J connectivity index is 0.000000441. The Kier molecular flexibility index (Phi) is 8.48. The summed E-state index contributed by atoms with van der Waals surface area (Å²) in [5.74, 6) is -0.458. The molecule has 0 radical (unpaired) electrons. The van der Waals surface area contributed by atoms with Gasteiger partial charge in [-0.3, -0.25) is 9.59 Å². The minimum absolute atomic E-state index is 0.0856. The zero-order valence-corrected chi connectivity index (χ0v) is 13.1. The molecule has 4 nitrogen and oxygen atoms in total. The Morgan fingerprint density at radius 2 is 1.50 bits per heavy atom. The first-order valence-corrected chi connectivity index (χ1v) is 6.94. The molecule has 0 aliphatic rings. The fourth-order valence-electron chi connectivity index (χ4n) is 1.71. The van der Waals surface area contributed by atoms with Gasteiger partial charge in [-0.1, -0.05) is 20.8 Å². The van der Waals surface area contributed by atoms with E-state index in [1.54, 1.807) is 0 Å². The maximum Gasteiger partial charge on any atom is 0.163 e. The molecule has 1 aromatic carbocycles. The highest BCUT2D eigenvalue weighted by molar-refractivity contribution is 6.01. The Morgan fingerprint density at radius 3 is 1.80 bits per heavy atom. The van der Waals surface area contributed by atoms with E-state index in [4.69, 9.17) is 0 Å². The van der Waals surface area contributed by atoms with Crippen molar-refractivity contribution in [3.05, 3.63) is 29.3 Å². The number of rotatable bonds is 5. The number of ketones is 2. The summed E-state index contributed by atoms with van der Waals surface area (Å²) in [5.41, 5.74) is 0.621. The smallest absolute Gasteiger partial charge is 0.163 e. The molecule has 1 N–H and O–H groups in total. The van der Waals surface area contributed by atoms with Gasteiger partial charge in [0.05, 0.1) is 5.56 Å². The van der Waals surface area contributed by atoms with Crippen molar-refractivity contribution in [2.45, 2.75) is 34.6 Å². The van der Waals surface area contributed by atoms with E-state index in [2.05, 4.69) is 25.7 Å². The summed E-state index contributed by atoms with van der Waals surface area (Å²) in [6, 6.07) is 4.25. The van der Waals surface area contributed by atoms with E-state index in [9.17, 15) is 14.7 Å². The molecular formula is C16H25NO3. The molecule has 4 heteroatoms. The second kappa shape index (κ2) is 9.26. The standard InChI is InChI=1S/C10H10O3.C6H15N/c1-6(11)8-3-4-10(13)9(5-8)7(2)12;1-4-7(5-2)6-3/h3-5,13H,1-2H3;4-6H2,1-3H3. The number of carbonyl (C=O) groups is 2. The highest BCUT2D eigenvalue weighted by Crippen LogP contribution is 2.19. The van der Waals surface area contributed by atoms with Gasteiger partial charge in [-0.05, 0) is 51.7 Å². The van der Waals surface area contributed by atoms with Crippen LogP contribution in [0.2, 0.25) is 0 Å². The van der Waals surface area contributed by atoms with Gasteiger partial charge >= 0.3 is 0 Å². The van der Waals surface area contributed by atoms with Gasteiger partial charge in [-0.25, -0.2) is 0 Å². The topological polar surface area (TPSA) is 57.6 Å². The summed E-state index contributed by atoms with van der Waals surface area (Å²) in [6.45, 7) is 12.9. The van der Waals surface area contributed by atoms with Gasteiger partial charge in [-0.2, -0.15) is 0 Å². The van der Waals surface area contributed by atoms with Crippen LogP contribution < -0.4 is 0 Å². The van der Waals surface area contributed by atoms with E-state index in [1.165, 1.54) is 51.7 Å². The Labute approximate surface area is 121 Å². The number of benzene rings is 1. The molecule has 0 aliphatic carbocycles. The molecule has 0 aromatic heterocycles. The summed E-state index contributed by atoms with van der Waals surface area (Å²) in [5, 5.41) is 9.26. The van der Waals surface area contributed by atoms with Crippen molar-refractivity contribution in [2.24, 2.45) is 0 Å². The van der Waals surface area contributed by atoms with Gasteiger partial charge in [0.2, 0.25) is 0 Å². The maximum atomic E-state index is 11.0. The van der Waals surface area contributed by atoms with Crippen LogP contribution in [0, 0.1) is 0 Å². The highest BCUT2D eigenvalue weighted by Gasteiger charge is 2.08. The third-order valence-electron chi connectivity index (χ3n) is 3.12. The zero-order chi connectivity index (χ0) is 15.7. The van der Waals surface area contributed by atoms with E-state index >= 15 is 0 Å². The molecule has 0 bridgehead atoms. The molecular weight excluding hydrogens is 254 g/mol. The lowest BCUT2D eigenvalue weighted by Crippen LogP contribution is -2.21. The summed E-state index contributed by atoms with van der Waals surface area (Å²) < 4.78 is 0. The Bertz CT molecular complexity index is 446. The normalized spacial score (nSPS) is 9.90. The monoisotopic (exact) mass is 279 g/mol. The number of nitrogens with zero attached hydrogens (tertiary/aromatic N) is 1. The predicted molar refractivity (Wildman–Crippen MR) is 81.6 cm³/mol. The average molecular weight is 279 g/mol. The largest absolute Gasteiger partial charge is 0.507 e. The zero-order valence-electron chi connectivity index (χ0n) is 13.1. The summed E-state index contributed by atoms with van der Waals surface area (Å²) in [6.07, 6.45) is 0. The van der Waals surface area contributed by atoms with E-state index in [1.807, 2.05) is 0 Å². The number of phenolic OH excluding ortho intramolecular Hbond substituents is 1. The van der Waals surface area contributed by atoms with Crippen molar-refractivity contribution in [1.82, 2.24) is 4.90 Å². The minimum atomic E-state index is -0.249. The molecule has 112 valence electrons. The van der Waals surface area contributed by atoms with Gasteiger partial charge in [0, 0.05) is 5.56 Å². The van der Waals surface area contributed by atoms with Crippen molar-refractivity contribution in [2.75, 3.05) is 19.6 Å². The van der Waals surface area contributed by atoms with Gasteiger partial charge in [-0.15, -0.1) is 0 Å². The number of aromatic hydroxyl groups is 1. The second-order valence-electron chi connectivity index (χ2n) is 4.46. The SMILES string of the molecule is CC(=O)c1ccc(O)c(C(C)=O)c1.CCN(CC)CC. The lowest BCUT2D eigenvalue weighted by Gasteiger charge is -2.13. The van der Waals surface area contributed by atoms with Gasteiger partial charge in [0.25, 0.3) is 0 Å². The molecule has 20 heavy (non-hydrogen) atoms. The lowest BCUT2D eigenvalue weighted by atomic mass is 10.0. The van der Waals surface area contributed by atoms with Gasteiger partial charge in [0.1, 0.15) is 5.75 Å². The molecule has 0 heterocycles. The predicted octanol–water partition coefficient (Wildman–Crippen LogP) is 3.15. The first-order chi connectivity index (χ1) is 9.37. The number of Topliss-reactive ketones (excluding diaryl/α,β-unsaturated/α-hetero) is 2. The fraction of sp³-hybridized carbons (Fsp3) is 0.500. The van der Waals surface area contributed by atoms with Crippen LogP contribution in [0.5, 0.6) is 5.75 Å². The van der Waals surface area contributed by atoms with Crippen LogP contribution >= 0.6 is 0 Å². The van der Waals surface area contributed by atoms with Crippen molar-refractivity contribution < 1.29 is 14.7 Å². The van der Waals surface area contributed by atoms with Gasteiger partial charge < -0.3 is 10.0 Å². The number of hydrogen-bond acceptors (Lipinski definition) is 4. The van der Waals surface area contributed by atoms with Crippen LogP contribution in [0.3, 0.4) is 0 Å². The maximum absolute atomic E-state index is 11.0. The van der Waals surface area contributed by atoms with E-state index in [-0.39, 0.29) is 22.9 Å². The summed E-state index contributed by atoms with van der Waals surface area (Å²) in [7, 11) is 0. The van der Waals surface area contributed by atoms with Crippen LogP contribution in [0.15, 0.2) is 18.2 Å². The Morgan fingerprint density at radius 1 is 1.00 bits per heavy atom. The molecule has 0 spiro atoms. The highest BCUT2D eigenvalue weighted by atomic mass is 16.3. The minimum Gasteiger partial charge on any atom is -0.507 e. The third-order valence-corrected chi connectivity index (χ3v) is 3.12. The summed E-state index contributed by atoms with van der Waals surface area (Å²) >= 11 is 0. The first kappa shape index (κ1) is 18.3. The molecule has 0 amide bonds. The number of carbonyl (C=O) groups excluding carboxylic acids is 2. The van der Waals surface area contributed by atoms with Crippen LogP contribution in [0.25, 0.3) is 0 Å². The summed E-state index contributed by atoms with van der Waals surface area (Å²) in [4.78, 5) is 24.3. The molecule has 0 unspecified atom stereocenters. The lowest BCUT2D eigenvalue weighted by molar-refractivity contribution is 0.101. The van der Waals surface area contributed by atoms with Crippen molar-refractivity contribution in [3.8, 4) is 5.75 Å². The molecule has 1 rings (SSSR count). The molecule has 1 aromatic rings. The van der Waals surface area contributed by atoms with E-state index in [0.717, 1.165) is 0 Å². The Hall–Kier alpha value is -1.68. The van der Waals surface area contributed by atoms with E-state index < -0.39 is 0 Å². The van der Waals surface area contributed by atoms with Crippen LogP contribution in [0.4, 0.5) is 0 Å². The quantitative estimate of drug-likeness (QED) is 0.841. The van der Waals surface area contributed by atoms with Crippen molar-refractivity contribution in [1.29, 1.82) is 0 Å². The first-order valence-electron chi connectivity index (χ1n) is 6.94. The molecule has 0 atom stereocenters.